The Kier molecular flexibility index (Phi) is 5.66. The molecule has 0 bridgehead atoms. The van der Waals surface area contributed by atoms with Gasteiger partial charge in [-0.3, -0.25) is 0 Å². The van der Waals surface area contributed by atoms with Crippen LogP contribution < -0.4 is 4.90 Å². The number of hydrogen-bond donors (Lipinski definition) is 1. The van der Waals surface area contributed by atoms with E-state index in [2.05, 4.69) is 34.1 Å². The van der Waals surface area contributed by atoms with Crippen LogP contribution in [0.4, 0.5) is 5.69 Å². The van der Waals surface area contributed by atoms with Crippen molar-refractivity contribution >= 4 is 33.4 Å². The molecule has 2 nitrogen and oxygen atoms in total. The van der Waals surface area contributed by atoms with Crippen LogP contribution in [0, 0.1) is 0 Å². The summed E-state index contributed by atoms with van der Waals surface area (Å²) in [6.07, 6.45) is 1.66. The van der Waals surface area contributed by atoms with E-state index in [1.165, 1.54) is 0 Å². The maximum atomic E-state index is 9.75. The monoisotopic (exact) mass is 303 g/mol. The van der Waals surface area contributed by atoms with E-state index in [1.807, 2.05) is 30.0 Å². The zero-order valence-corrected chi connectivity index (χ0v) is 12.3. The number of rotatable bonds is 5. The molecule has 0 amide bonds. The Labute approximate surface area is 110 Å². The van der Waals surface area contributed by atoms with Crippen LogP contribution in [-0.2, 0) is 0 Å². The van der Waals surface area contributed by atoms with Crippen molar-refractivity contribution in [3.63, 3.8) is 0 Å². The predicted molar refractivity (Wildman–Crippen MR) is 76.4 cm³/mol. The van der Waals surface area contributed by atoms with Gasteiger partial charge in [-0.1, -0.05) is 15.9 Å². The molecule has 0 spiro atoms. The minimum absolute atomic E-state index is 0.441. The fraction of sp³-hybridized carbons (Fsp3) is 0.500. The highest BCUT2D eigenvalue weighted by atomic mass is 79.9. The van der Waals surface area contributed by atoms with E-state index < -0.39 is 6.10 Å². The van der Waals surface area contributed by atoms with Crippen LogP contribution in [0.1, 0.15) is 18.6 Å². The van der Waals surface area contributed by atoms with Gasteiger partial charge >= 0.3 is 0 Å². The summed E-state index contributed by atoms with van der Waals surface area (Å²) in [5, 5.41) is 9.75. The van der Waals surface area contributed by atoms with Crippen LogP contribution >= 0.6 is 27.7 Å². The zero-order chi connectivity index (χ0) is 12.1. The van der Waals surface area contributed by atoms with Crippen LogP contribution in [0.25, 0.3) is 0 Å². The molecule has 1 unspecified atom stereocenters. The van der Waals surface area contributed by atoms with Gasteiger partial charge in [0.2, 0.25) is 0 Å². The van der Waals surface area contributed by atoms with Gasteiger partial charge in [-0.2, -0.15) is 11.8 Å². The Bertz CT molecular complexity index is 344. The molecular formula is C12H18BrNOS. The SMILES string of the molecule is CSCCN(C)c1ccc(Br)cc1C(C)O. The number of halogens is 1. The fourth-order valence-corrected chi connectivity index (χ4v) is 2.39. The lowest BCUT2D eigenvalue weighted by Gasteiger charge is -2.23. The molecule has 16 heavy (non-hydrogen) atoms. The molecule has 1 aromatic carbocycles. The van der Waals surface area contributed by atoms with E-state index in [0.29, 0.717) is 0 Å². The van der Waals surface area contributed by atoms with Gasteiger partial charge in [-0.25, -0.2) is 0 Å². The molecule has 1 atom stereocenters. The van der Waals surface area contributed by atoms with Gasteiger partial charge in [-0.05, 0) is 31.4 Å². The first-order valence-corrected chi connectivity index (χ1v) is 7.42. The minimum atomic E-state index is -0.441. The van der Waals surface area contributed by atoms with Crippen molar-refractivity contribution in [3.8, 4) is 0 Å². The van der Waals surface area contributed by atoms with Gasteiger partial charge in [-0.15, -0.1) is 0 Å². The summed E-state index contributed by atoms with van der Waals surface area (Å²) in [5.41, 5.74) is 2.07. The summed E-state index contributed by atoms with van der Waals surface area (Å²) < 4.78 is 1.01. The molecule has 1 aromatic rings. The number of thioether (sulfide) groups is 1. The van der Waals surface area contributed by atoms with Gasteiger partial charge in [0.15, 0.2) is 0 Å². The molecule has 1 rings (SSSR count). The lowest BCUT2D eigenvalue weighted by atomic mass is 10.1. The van der Waals surface area contributed by atoms with Gasteiger partial charge in [0.05, 0.1) is 6.10 Å². The quantitative estimate of drug-likeness (QED) is 0.903. The van der Waals surface area contributed by atoms with E-state index in [4.69, 9.17) is 0 Å². The van der Waals surface area contributed by atoms with Crippen molar-refractivity contribution in [3.05, 3.63) is 28.2 Å². The first-order valence-electron chi connectivity index (χ1n) is 5.24. The van der Waals surface area contributed by atoms with E-state index in [0.717, 1.165) is 28.0 Å². The number of aliphatic hydroxyl groups is 1. The fourth-order valence-electron chi connectivity index (χ4n) is 1.56. The van der Waals surface area contributed by atoms with E-state index >= 15 is 0 Å². The van der Waals surface area contributed by atoms with Crippen molar-refractivity contribution in [2.75, 3.05) is 30.5 Å². The molecule has 0 aliphatic heterocycles. The second-order valence-electron chi connectivity index (χ2n) is 3.79. The number of nitrogens with zero attached hydrogens (tertiary/aromatic N) is 1. The lowest BCUT2D eigenvalue weighted by Crippen LogP contribution is -2.22. The topological polar surface area (TPSA) is 23.5 Å². The largest absolute Gasteiger partial charge is 0.389 e. The van der Waals surface area contributed by atoms with Crippen LogP contribution in [0.3, 0.4) is 0 Å². The minimum Gasteiger partial charge on any atom is -0.389 e. The molecule has 4 heteroatoms. The average molecular weight is 304 g/mol. The summed E-state index contributed by atoms with van der Waals surface area (Å²) in [5.74, 6) is 1.09. The lowest BCUT2D eigenvalue weighted by molar-refractivity contribution is 0.199. The smallest absolute Gasteiger partial charge is 0.0782 e. The third kappa shape index (κ3) is 3.68. The van der Waals surface area contributed by atoms with Crippen molar-refractivity contribution in [2.24, 2.45) is 0 Å². The maximum Gasteiger partial charge on any atom is 0.0782 e. The third-order valence-corrected chi connectivity index (χ3v) is 3.57. The highest BCUT2D eigenvalue weighted by Gasteiger charge is 2.11. The third-order valence-electron chi connectivity index (χ3n) is 2.48. The Morgan fingerprint density at radius 1 is 1.50 bits per heavy atom. The highest BCUT2D eigenvalue weighted by molar-refractivity contribution is 9.10. The van der Waals surface area contributed by atoms with Crippen LogP contribution in [0.5, 0.6) is 0 Å². The molecule has 0 fully saturated rings. The summed E-state index contributed by atoms with van der Waals surface area (Å²) in [6, 6.07) is 6.04. The number of aliphatic hydroxyl groups excluding tert-OH is 1. The van der Waals surface area contributed by atoms with Crippen molar-refractivity contribution in [1.82, 2.24) is 0 Å². The molecular weight excluding hydrogens is 286 g/mol. The molecule has 0 aliphatic rings. The summed E-state index contributed by atoms with van der Waals surface area (Å²) in [4.78, 5) is 2.19. The Morgan fingerprint density at radius 2 is 2.19 bits per heavy atom. The van der Waals surface area contributed by atoms with Gasteiger partial charge in [0, 0.05) is 35.1 Å². The number of anilines is 1. The van der Waals surface area contributed by atoms with Crippen molar-refractivity contribution < 1.29 is 5.11 Å². The average Bonchev–Trinajstić information content (AvgIpc) is 2.25. The van der Waals surface area contributed by atoms with Crippen LogP contribution in [0.2, 0.25) is 0 Å². The summed E-state index contributed by atoms with van der Waals surface area (Å²) in [7, 11) is 2.06. The van der Waals surface area contributed by atoms with Gasteiger partial charge in [0.25, 0.3) is 0 Å². The molecule has 0 saturated heterocycles. The first kappa shape index (κ1) is 13.9. The van der Waals surface area contributed by atoms with Crippen molar-refractivity contribution in [2.45, 2.75) is 13.0 Å². The maximum absolute atomic E-state index is 9.75. The number of benzene rings is 1. The first-order chi connectivity index (χ1) is 7.56. The van der Waals surface area contributed by atoms with Gasteiger partial charge in [0.1, 0.15) is 0 Å². The van der Waals surface area contributed by atoms with E-state index in [1.54, 1.807) is 6.92 Å². The normalized spacial score (nSPS) is 12.6. The van der Waals surface area contributed by atoms with Crippen LogP contribution in [-0.4, -0.2) is 30.7 Å². The Balaban J connectivity index is 2.93. The second kappa shape index (κ2) is 6.52. The van der Waals surface area contributed by atoms with E-state index in [-0.39, 0.29) is 0 Å². The molecule has 90 valence electrons. The summed E-state index contributed by atoms with van der Waals surface area (Å²) in [6.45, 7) is 2.79. The Morgan fingerprint density at radius 3 is 2.75 bits per heavy atom. The predicted octanol–water partition coefficient (Wildman–Crippen LogP) is 3.30. The molecule has 0 saturated carbocycles. The molecule has 0 radical (unpaired) electrons. The number of hydrogen-bond acceptors (Lipinski definition) is 3. The molecule has 1 N–H and O–H groups in total. The Hall–Kier alpha value is -0.190. The molecule has 0 heterocycles. The van der Waals surface area contributed by atoms with Crippen molar-refractivity contribution in [1.29, 1.82) is 0 Å². The summed E-state index contributed by atoms with van der Waals surface area (Å²) >= 11 is 5.26. The molecule has 0 aliphatic carbocycles. The van der Waals surface area contributed by atoms with E-state index in [9.17, 15) is 5.11 Å². The second-order valence-corrected chi connectivity index (χ2v) is 5.69. The molecule has 0 aromatic heterocycles. The zero-order valence-electron chi connectivity index (χ0n) is 9.90. The standard InChI is InChI=1S/C12H18BrNOS/c1-9(15)11-8-10(13)4-5-12(11)14(2)6-7-16-3/h4-5,8-9,15H,6-7H2,1-3H3. The highest BCUT2D eigenvalue weighted by Crippen LogP contribution is 2.28. The van der Waals surface area contributed by atoms with Gasteiger partial charge < -0.3 is 10.0 Å². The van der Waals surface area contributed by atoms with Crippen LogP contribution in [0.15, 0.2) is 22.7 Å².